The molecular formula is C11H11ClFNO3. The molecule has 1 N–H and O–H groups in total. The Balaban J connectivity index is 0.00000144. The molecule has 0 aliphatic heterocycles. The summed E-state index contributed by atoms with van der Waals surface area (Å²) in [5, 5.41) is 0.448. The number of hydrogen-bond acceptors (Lipinski definition) is 3. The second-order valence-corrected chi connectivity index (χ2v) is 3.21. The summed E-state index contributed by atoms with van der Waals surface area (Å²) in [6, 6.07) is 4.11. The molecule has 2 rings (SSSR count). The van der Waals surface area contributed by atoms with Crippen LogP contribution in [0.15, 0.2) is 18.2 Å². The van der Waals surface area contributed by atoms with Crippen molar-refractivity contribution in [1.29, 1.82) is 0 Å². The van der Waals surface area contributed by atoms with Crippen molar-refractivity contribution >= 4 is 29.3 Å². The second kappa shape index (κ2) is 5.05. The van der Waals surface area contributed by atoms with E-state index >= 15 is 0 Å². The largest absolute Gasteiger partial charge is 0.482 e. The second-order valence-electron chi connectivity index (χ2n) is 3.21. The maximum absolute atomic E-state index is 13.1. The number of halogens is 2. The van der Waals surface area contributed by atoms with Crippen LogP contribution in [0.3, 0.4) is 0 Å². The first-order valence-electron chi connectivity index (χ1n) is 4.61. The van der Waals surface area contributed by atoms with Crippen molar-refractivity contribution in [2.45, 2.75) is 0 Å². The number of benzene rings is 1. The topological polar surface area (TPSA) is 51.3 Å². The van der Waals surface area contributed by atoms with Gasteiger partial charge in [0.25, 0.3) is 0 Å². The van der Waals surface area contributed by atoms with Crippen LogP contribution in [0.5, 0.6) is 5.88 Å². The predicted octanol–water partition coefficient (Wildman–Crippen LogP) is 2.52. The molecule has 0 saturated carbocycles. The van der Waals surface area contributed by atoms with Crippen molar-refractivity contribution in [2.75, 3.05) is 14.2 Å². The van der Waals surface area contributed by atoms with Gasteiger partial charge in [-0.15, -0.1) is 12.4 Å². The first-order chi connectivity index (χ1) is 7.67. The summed E-state index contributed by atoms with van der Waals surface area (Å²) in [6.45, 7) is 0. The number of hydrogen-bond donors (Lipinski definition) is 1. The van der Waals surface area contributed by atoms with E-state index in [1.807, 2.05) is 0 Å². The van der Waals surface area contributed by atoms with Crippen molar-refractivity contribution < 1.29 is 18.7 Å². The van der Waals surface area contributed by atoms with Gasteiger partial charge < -0.3 is 14.5 Å². The highest BCUT2D eigenvalue weighted by Gasteiger charge is 2.20. The highest BCUT2D eigenvalue weighted by Crippen LogP contribution is 2.28. The lowest BCUT2D eigenvalue weighted by Gasteiger charge is -2.00. The van der Waals surface area contributed by atoms with Crippen LogP contribution in [-0.2, 0) is 4.74 Å². The summed E-state index contributed by atoms with van der Waals surface area (Å²) in [5.41, 5.74) is 0.832. The molecule has 1 aromatic heterocycles. The van der Waals surface area contributed by atoms with Gasteiger partial charge in [-0.25, -0.2) is 9.18 Å². The molecule has 0 aliphatic carbocycles. The maximum Gasteiger partial charge on any atom is 0.344 e. The van der Waals surface area contributed by atoms with Crippen LogP contribution in [0.2, 0.25) is 0 Å². The average molecular weight is 260 g/mol. The fourth-order valence-electron chi connectivity index (χ4n) is 1.60. The van der Waals surface area contributed by atoms with E-state index in [9.17, 15) is 9.18 Å². The van der Waals surface area contributed by atoms with Crippen LogP contribution in [0.25, 0.3) is 10.9 Å². The van der Waals surface area contributed by atoms with E-state index in [-0.39, 0.29) is 23.9 Å². The smallest absolute Gasteiger partial charge is 0.344 e. The molecule has 1 heterocycles. The van der Waals surface area contributed by atoms with Gasteiger partial charge in [-0.1, -0.05) is 0 Å². The van der Waals surface area contributed by atoms with Gasteiger partial charge >= 0.3 is 5.97 Å². The van der Waals surface area contributed by atoms with Crippen LogP contribution in [0.4, 0.5) is 4.39 Å². The van der Waals surface area contributed by atoms with Crippen molar-refractivity contribution in [1.82, 2.24) is 4.98 Å². The van der Waals surface area contributed by atoms with Crippen molar-refractivity contribution in [2.24, 2.45) is 0 Å². The molecule has 0 spiro atoms. The Bertz CT molecular complexity index is 553. The number of carbonyl (C=O) groups excluding carboxylic acids is 1. The highest BCUT2D eigenvalue weighted by molar-refractivity contribution is 6.06. The minimum absolute atomic E-state index is 0. The summed E-state index contributed by atoms with van der Waals surface area (Å²) in [4.78, 5) is 14.4. The van der Waals surface area contributed by atoms with Crippen molar-refractivity contribution in [3.8, 4) is 5.88 Å². The highest BCUT2D eigenvalue weighted by atomic mass is 35.5. The molecule has 0 saturated heterocycles. The van der Waals surface area contributed by atoms with Crippen molar-refractivity contribution in [3.05, 3.63) is 29.6 Å². The molecule has 92 valence electrons. The van der Waals surface area contributed by atoms with E-state index in [1.165, 1.54) is 26.4 Å². The lowest BCUT2D eigenvalue weighted by Crippen LogP contribution is -2.02. The average Bonchev–Trinajstić information content (AvgIpc) is 2.65. The minimum Gasteiger partial charge on any atom is -0.482 e. The Hall–Kier alpha value is -1.75. The quantitative estimate of drug-likeness (QED) is 0.843. The fraction of sp³-hybridized carbons (Fsp3) is 0.182. The molecule has 0 fully saturated rings. The third-order valence-electron chi connectivity index (χ3n) is 2.32. The Morgan fingerprint density at radius 3 is 2.65 bits per heavy atom. The zero-order valence-corrected chi connectivity index (χ0v) is 10.1. The van der Waals surface area contributed by atoms with Crippen LogP contribution in [0, 0.1) is 5.82 Å². The minimum atomic E-state index is -0.561. The van der Waals surface area contributed by atoms with Gasteiger partial charge in [-0.2, -0.15) is 0 Å². The van der Waals surface area contributed by atoms with Crippen LogP contribution in [0.1, 0.15) is 10.4 Å². The normalized spacial score (nSPS) is 9.82. The summed E-state index contributed by atoms with van der Waals surface area (Å²) in [5.74, 6) is -0.708. The zero-order valence-electron chi connectivity index (χ0n) is 9.24. The molecule has 4 nitrogen and oxygen atoms in total. The Labute approximate surface area is 103 Å². The first-order valence-corrected chi connectivity index (χ1v) is 4.61. The molecule has 0 aliphatic rings. The number of aromatic nitrogens is 1. The van der Waals surface area contributed by atoms with E-state index in [1.54, 1.807) is 6.07 Å². The molecule has 6 heteroatoms. The van der Waals surface area contributed by atoms with Gasteiger partial charge in [-0.05, 0) is 18.2 Å². The maximum atomic E-state index is 13.1. The fourth-order valence-corrected chi connectivity index (χ4v) is 1.60. The predicted molar refractivity (Wildman–Crippen MR) is 63.4 cm³/mol. The van der Waals surface area contributed by atoms with Crippen LogP contribution in [-0.4, -0.2) is 25.2 Å². The van der Waals surface area contributed by atoms with Gasteiger partial charge in [0, 0.05) is 10.9 Å². The molecule has 0 atom stereocenters. The monoisotopic (exact) mass is 259 g/mol. The van der Waals surface area contributed by atoms with E-state index in [0.717, 1.165) is 0 Å². The Morgan fingerprint density at radius 1 is 1.35 bits per heavy atom. The van der Waals surface area contributed by atoms with Crippen LogP contribution >= 0.6 is 12.4 Å². The number of esters is 1. The lowest BCUT2D eigenvalue weighted by atomic mass is 10.1. The molecule has 0 amide bonds. The summed E-state index contributed by atoms with van der Waals surface area (Å²) in [6.07, 6.45) is 0. The zero-order chi connectivity index (χ0) is 11.7. The van der Waals surface area contributed by atoms with Gasteiger partial charge in [0.2, 0.25) is 5.88 Å². The number of H-pyrrole nitrogens is 1. The molecule has 0 radical (unpaired) electrons. The van der Waals surface area contributed by atoms with Gasteiger partial charge in [0.1, 0.15) is 11.4 Å². The van der Waals surface area contributed by atoms with Gasteiger partial charge in [-0.3, -0.25) is 0 Å². The SMILES string of the molecule is COC(=O)c1c(OC)[nH]c2ccc(F)cc12.Cl. The standard InChI is InChI=1S/C11H10FNO3.ClH/c1-15-10-9(11(14)16-2)7-5-6(12)3-4-8(7)13-10;/h3-5,13H,1-2H3;1H. The number of nitrogens with one attached hydrogen (secondary N) is 1. The van der Waals surface area contributed by atoms with E-state index < -0.39 is 11.8 Å². The van der Waals surface area contributed by atoms with Crippen molar-refractivity contribution in [3.63, 3.8) is 0 Å². The van der Waals surface area contributed by atoms with E-state index in [2.05, 4.69) is 9.72 Å². The number of methoxy groups -OCH3 is 2. The summed E-state index contributed by atoms with van der Waals surface area (Å²) < 4.78 is 22.7. The summed E-state index contributed by atoms with van der Waals surface area (Å²) in [7, 11) is 2.69. The first kappa shape index (κ1) is 13.3. The number of carbonyl (C=O) groups is 1. The molecule has 0 unspecified atom stereocenters. The number of rotatable bonds is 2. The Morgan fingerprint density at radius 2 is 2.06 bits per heavy atom. The summed E-state index contributed by atoms with van der Waals surface area (Å²) >= 11 is 0. The number of fused-ring (bicyclic) bond motifs is 1. The molecule has 0 bridgehead atoms. The van der Waals surface area contributed by atoms with E-state index in [0.29, 0.717) is 10.9 Å². The van der Waals surface area contributed by atoms with Gasteiger partial charge in [0.15, 0.2) is 0 Å². The number of aromatic amines is 1. The van der Waals surface area contributed by atoms with Crippen LogP contribution < -0.4 is 4.74 Å². The molecular weight excluding hydrogens is 249 g/mol. The lowest BCUT2D eigenvalue weighted by molar-refractivity contribution is 0.0599. The number of ether oxygens (including phenoxy) is 2. The molecule has 2 aromatic rings. The molecule has 17 heavy (non-hydrogen) atoms. The third-order valence-corrected chi connectivity index (χ3v) is 2.32. The molecule has 1 aromatic carbocycles. The third kappa shape index (κ3) is 2.19. The van der Waals surface area contributed by atoms with Gasteiger partial charge in [0.05, 0.1) is 14.2 Å². The Kier molecular flexibility index (Phi) is 3.96. The van der Waals surface area contributed by atoms with E-state index in [4.69, 9.17) is 4.74 Å².